The number of para-hydroxylation sites is 1. The number of nitrogens with one attached hydrogen (secondary N) is 2. The lowest BCUT2D eigenvalue weighted by Gasteiger charge is -2.33. The van der Waals surface area contributed by atoms with Gasteiger partial charge >= 0.3 is 0 Å². The van der Waals surface area contributed by atoms with Crippen LogP contribution in [0, 0.1) is 0 Å². The zero-order valence-electron chi connectivity index (χ0n) is 23.1. The molecule has 0 unspecified atom stereocenters. The van der Waals surface area contributed by atoms with E-state index in [1.54, 1.807) is 45.2 Å². The van der Waals surface area contributed by atoms with E-state index in [1.807, 2.05) is 6.07 Å². The summed E-state index contributed by atoms with van der Waals surface area (Å²) in [6.45, 7) is 6.98. The Morgan fingerprint density at radius 2 is 1.80 bits per heavy atom. The number of benzene rings is 2. The van der Waals surface area contributed by atoms with Crippen LogP contribution in [-0.2, 0) is 27.4 Å². The molecular formula is C29H36ClN5O4S. The molecule has 9 nitrogen and oxygen atoms in total. The van der Waals surface area contributed by atoms with Crippen LogP contribution in [0.3, 0.4) is 0 Å². The first-order valence-corrected chi connectivity index (χ1v) is 15.6. The molecule has 0 spiro atoms. The van der Waals surface area contributed by atoms with Gasteiger partial charge in [-0.15, -0.1) is 0 Å². The Morgan fingerprint density at radius 3 is 2.55 bits per heavy atom. The fraction of sp³-hybridized carbons (Fsp3) is 0.448. The predicted molar refractivity (Wildman–Crippen MR) is 158 cm³/mol. The number of methoxy groups -OCH3 is 1. The van der Waals surface area contributed by atoms with E-state index in [0.717, 1.165) is 63.4 Å². The van der Waals surface area contributed by atoms with Crippen molar-refractivity contribution in [3.8, 4) is 5.75 Å². The summed E-state index contributed by atoms with van der Waals surface area (Å²) in [6, 6.07) is 11.4. The van der Waals surface area contributed by atoms with Crippen molar-refractivity contribution in [2.45, 2.75) is 55.7 Å². The molecule has 1 fully saturated rings. The third kappa shape index (κ3) is 6.05. The molecule has 0 aliphatic carbocycles. The van der Waals surface area contributed by atoms with Gasteiger partial charge in [-0.3, -0.25) is 4.90 Å². The second-order valence-corrected chi connectivity index (χ2v) is 13.3. The fourth-order valence-corrected chi connectivity index (χ4v) is 6.73. The first-order chi connectivity index (χ1) is 19.3. The molecule has 2 N–H and O–H groups in total. The smallest absolute Gasteiger partial charge is 0.229 e. The molecule has 3 heterocycles. The van der Waals surface area contributed by atoms with Crippen molar-refractivity contribution in [3.05, 3.63) is 58.7 Å². The maximum atomic E-state index is 12.9. The first kappa shape index (κ1) is 28.6. The molecule has 40 heavy (non-hydrogen) atoms. The lowest BCUT2D eigenvalue weighted by molar-refractivity contribution is 0.0355. The fourth-order valence-electron chi connectivity index (χ4n) is 5.39. The number of sulfone groups is 1. The van der Waals surface area contributed by atoms with Gasteiger partial charge in [0.25, 0.3) is 0 Å². The molecule has 0 radical (unpaired) electrons. The lowest BCUT2D eigenvalue weighted by Crippen LogP contribution is -2.40. The van der Waals surface area contributed by atoms with Crippen LogP contribution in [0.15, 0.2) is 47.5 Å². The number of hydrogen-bond acceptors (Lipinski definition) is 9. The number of aromatic nitrogens is 2. The summed E-state index contributed by atoms with van der Waals surface area (Å²) >= 11 is 6.43. The van der Waals surface area contributed by atoms with Gasteiger partial charge in [-0.1, -0.05) is 29.8 Å². The van der Waals surface area contributed by atoms with E-state index < -0.39 is 15.1 Å². The van der Waals surface area contributed by atoms with Crippen LogP contribution < -0.4 is 15.4 Å². The van der Waals surface area contributed by atoms with Crippen LogP contribution in [0.2, 0.25) is 5.02 Å². The maximum Gasteiger partial charge on any atom is 0.229 e. The summed E-state index contributed by atoms with van der Waals surface area (Å²) in [4.78, 5) is 11.7. The van der Waals surface area contributed by atoms with Crippen LogP contribution in [0.25, 0.3) is 0 Å². The number of nitrogens with zero attached hydrogens (tertiary/aromatic N) is 3. The Balaban J connectivity index is 1.38. The van der Waals surface area contributed by atoms with Gasteiger partial charge in [-0.25, -0.2) is 13.4 Å². The third-order valence-electron chi connectivity index (χ3n) is 7.64. The number of hydrogen-bond donors (Lipinski definition) is 2. The monoisotopic (exact) mass is 585 g/mol. The van der Waals surface area contributed by atoms with Gasteiger partial charge in [-0.05, 0) is 63.3 Å². The van der Waals surface area contributed by atoms with Gasteiger partial charge in [-0.2, -0.15) is 4.98 Å². The second-order valence-electron chi connectivity index (χ2n) is 10.4. The van der Waals surface area contributed by atoms with Gasteiger partial charge in [0.2, 0.25) is 5.95 Å². The predicted octanol–water partition coefficient (Wildman–Crippen LogP) is 5.39. The van der Waals surface area contributed by atoms with Gasteiger partial charge in [0, 0.05) is 37.9 Å². The van der Waals surface area contributed by atoms with E-state index in [9.17, 15) is 8.42 Å². The van der Waals surface area contributed by atoms with Crippen molar-refractivity contribution in [2.75, 3.05) is 44.0 Å². The lowest BCUT2D eigenvalue weighted by atomic mass is 10.0. The van der Waals surface area contributed by atoms with Crippen molar-refractivity contribution in [3.63, 3.8) is 0 Å². The first-order valence-electron chi connectivity index (χ1n) is 13.7. The SMILES string of the molecule is COc1c(Nc2ncc(Cl)c(Nc3ccccc3S(=O)(=O)C(C)C)n2)ccc2c1CCN(C1CCOCC1)CC2. The standard InChI is InChI=1S/C29H36ClN5O4S/c1-19(2)40(36,37)26-7-5-4-6-24(26)32-28-23(30)18-31-29(34-28)33-25-9-8-20-10-14-35(21-12-16-39-17-13-21)15-11-22(20)27(25)38-3/h4-9,18-19,21H,10-17H2,1-3H3,(H2,31,32,33,34). The molecule has 0 saturated carbocycles. The van der Waals surface area contributed by atoms with Crippen LogP contribution in [0.4, 0.5) is 23.1 Å². The summed E-state index contributed by atoms with van der Waals surface area (Å²) < 4.78 is 37.3. The molecule has 3 aromatic rings. The largest absolute Gasteiger partial charge is 0.494 e. The van der Waals surface area contributed by atoms with E-state index in [-0.39, 0.29) is 9.92 Å². The van der Waals surface area contributed by atoms with Crippen molar-refractivity contribution in [2.24, 2.45) is 0 Å². The number of rotatable bonds is 8. The van der Waals surface area contributed by atoms with Crippen LogP contribution in [0.5, 0.6) is 5.75 Å². The average molecular weight is 586 g/mol. The summed E-state index contributed by atoms with van der Waals surface area (Å²) in [5.41, 5.74) is 3.65. The average Bonchev–Trinajstić information content (AvgIpc) is 3.18. The Kier molecular flexibility index (Phi) is 8.80. The molecular weight excluding hydrogens is 550 g/mol. The highest BCUT2D eigenvalue weighted by Crippen LogP contribution is 2.36. The number of ether oxygens (including phenoxy) is 2. The topological polar surface area (TPSA) is 106 Å². The molecule has 0 amide bonds. The van der Waals surface area contributed by atoms with Crippen molar-refractivity contribution >= 4 is 44.6 Å². The van der Waals surface area contributed by atoms with Gasteiger partial charge in [0.05, 0.1) is 34.8 Å². The van der Waals surface area contributed by atoms with Gasteiger partial charge in [0.15, 0.2) is 15.7 Å². The molecule has 5 rings (SSSR count). The normalized spacial score (nSPS) is 16.8. The van der Waals surface area contributed by atoms with Crippen LogP contribution >= 0.6 is 11.6 Å². The van der Waals surface area contributed by atoms with E-state index >= 15 is 0 Å². The number of fused-ring (bicyclic) bond motifs is 1. The van der Waals surface area contributed by atoms with Crippen molar-refractivity contribution in [1.29, 1.82) is 0 Å². The highest BCUT2D eigenvalue weighted by atomic mass is 35.5. The summed E-state index contributed by atoms with van der Waals surface area (Å²) in [5.74, 6) is 1.39. The molecule has 11 heteroatoms. The zero-order chi connectivity index (χ0) is 28.3. The molecule has 2 aromatic carbocycles. The van der Waals surface area contributed by atoms with E-state index in [2.05, 4.69) is 31.6 Å². The van der Waals surface area contributed by atoms with Gasteiger partial charge < -0.3 is 20.1 Å². The number of halogens is 1. The van der Waals surface area contributed by atoms with E-state index in [4.69, 9.17) is 21.1 Å². The van der Waals surface area contributed by atoms with Crippen molar-refractivity contribution < 1.29 is 17.9 Å². The Bertz CT molecular complexity index is 1460. The maximum absolute atomic E-state index is 12.9. The summed E-state index contributed by atoms with van der Waals surface area (Å²) in [6.07, 6.45) is 5.51. The Morgan fingerprint density at radius 1 is 1.05 bits per heavy atom. The molecule has 1 saturated heterocycles. The zero-order valence-corrected chi connectivity index (χ0v) is 24.7. The van der Waals surface area contributed by atoms with Gasteiger partial charge in [0.1, 0.15) is 10.8 Å². The van der Waals surface area contributed by atoms with Crippen molar-refractivity contribution in [1.82, 2.24) is 14.9 Å². The van der Waals surface area contributed by atoms with E-state index in [1.165, 1.54) is 17.3 Å². The summed E-state index contributed by atoms with van der Waals surface area (Å²) in [7, 11) is -1.84. The highest BCUT2D eigenvalue weighted by molar-refractivity contribution is 7.92. The number of anilines is 4. The second kappa shape index (κ2) is 12.3. The third-order valence-corrected chi connectivity index (χ3v) is 10.1. The Labute approximate surface area is 241 Å². The molecule has 1 aromatic heterocycles. The minimum absolute atomic E-state index is 0.191. The quantitative estimate of drug-likeness (QED) is 0.360. The summed E-state index contributed by atoms with van der Waals surface area (Å²) in [5, 5.41) is 6.09. The molecule has 0 atom stereocenters. The minimum atomic E-state index is -3.52. The molecule has 2 aliphatic rings. The van der Waals surface area contributed by atoms with Crippen LogP contribution in [-0.4, -0.2) is 68.0 Å². The minimum Gasteiger partial charge on any atom is -0.494 e. The molecule has 214 valence electrons. The van der Waals surface area contributed by atoms with E-state index in [0.29, 0.717) is 23.5 Å². The highest BCUT2D eigenvalue weighted by Gasteiger charge is 2.26. The van der Waals surface area contributed by atoms with Crippen LogP contribution in [0.1, 0.15) is 37.8 Å². The Hall–Kier alpha value is -2.92. The molecule has 2 aliphatic heterocycles. The molecule has 0 bridgehead atoms.